The van der Waals surface area contributed by atoms with Gasteiger partial charge in [0.25, 0.3) is 0 Å². The third-order valence-electron chi connectivity index (χ3n) is 4.48. The van der Waals surface area contributed by atoms with Crippen LogP contribution in [0.3, 0.4) is 0 Å². The fraction of sp³-hybridized carbons (Fsp3) is 0.167. The van der Waals surface area contributed by atoms with Crippen LogP contribution in [0.5, 0.6) is 0 Å². The Hall–Kier alpha value is -2.80. The molecule has 8 nitrogen and oxygen atoms in total. The molecule has 0 radical (unpaired) electrons. The summed E-state index contributed by atoms with van der Waals surface area (Å²) in [7, 11) is -8.75. The molecule has 0 unspecified atom stereocenters. The summed E-state index contributed by atoms with van der Waals surface area (Å²) >= 11 is 2.47. The second kappa shape index (κ2) is 12.0. The zero-order valence-electron chi connectivity index (χ0n) is 19.9. The van der Waals surface area contributed by atoms with Crippen LogP contribution in [0.1, 0.15) is 25.0 Å². The first-order valence-electron chi connectivity index (χ1n) is 10.5. The van der Waals surface area contributed by atoms with Gasteiger partial charge in [0.05, 0.1) is 0 Å². The van der Waals surface area contributed by atoms with Gasteiger partial charge in [-0.3, -0.25) is 8.57 Å². The lowest BCUT2D eigenvalue weighted by atomic mass is 10.2. The number of aryl methyl sites for hydroxylation is 2. The molecule has 0 amide bonds. The summed E-state index contributed by atoms with van der Waals surface area (Å²) in [4.78, 5) is 0.950. The summed E-state index contributed by atoms with van der Waals surface area (Å²) in [6.45, 7) is 7.12. The number of benzene rings is 3. The van der Waals surface area contributed by atoms with Crippen molar-refractivity contribution in [1.29, 1.82) is 0 Å². The zero-order chi connectivity index (χ0) is 26.3. The predicted octanol–water partition coefficient (Wildman–Crippen LogP) is 5.97. The van der Waals surface area contributed by atoms with Gasteiger partial charge in [0.15, 0.2) is 0 Å². The van der Waals surface area contributed by atoms with Gasteiger partial charge in [-0.1, -0.05) is 75.3 Å². The van der Waals surface area contributed by atoms with Gasteiger partial charge in [-0.05, 0) is 70.2 Å². The van der Waals surface area contributed by atoms with Gasteiger partial charge in [-0.15, -0.1) is 0 Å². The number of hydrogen-bond donors (Lipinski definition) is 0. The maximum Gasteiger partial charge on any atom is 0.358 e. The molecule has 3 aromatic rings. The van der Waals surface area contributed by atoms with Crippen LogP contribution in [0.4, 0.5) is 0 Å². The maximum absolute atomic E-state index is 12.6. The van der Waals surface area contributed by atoms with Gasteiger partial charge < -0.3 is 0 Å². The highest BCUT2D eigenvalue weighted by Gasteiger charge is 2.22. The number of hydrogen-bond acceptors (Lipinski definition) is 10. The van der Waals surface area contributed by atoms with Crippen molar-refractivity contribution in [3.63, 3.8) is 0 Å². The van der Waals surface area contributed by atoms with E-state index in [1.54, 1.807) is 13.8 Å². The summed E-state index contributed by atoms with van der Waals surface area (Å²) in [5, 5.41) is 8.05. The first-order chi connectivity index (χ1) is 16.9. The van der Waals surface area contributed by atoms with Gasteiger partial charge in [-0.25, -0.2) is 0 Å². The Morgan fingerprint density at radius 2 is 1.00 bits per heavy atom. The molecule has 0 atom stereocenters. The Kier molecular flexibility index (Phi) is 9.23. The van der Waals surface area contributed by atoms with Crippen LogP contribution in [-0.2, 0) is 28.8 Å². The van der Waals surface area contributed by atoms with Crippen molar-refractivity contribution in [2.75, 3.05) is 0 Å². The van der Waals surface area contributed by atoms with E-state index in [1.165, 1.54) is 41.7 Å². The molecular formula is C24H24N2O6S4. The molecule has 3 rings (SSSR count). The molecule has 0 spiro atoms. The Labute approximate surface area is 220 Å². The smallest absolute Gasteiger partial charge is 0.264 e. The van der Waals surface area contributed by atoms with Gasteiger partial charge >= 0.3 is 20.2 Å². The topological polar surface area (TPSA) is 111 Å². The average molecular weight is 565 g/mol. The minimum absolute atomic E-state index is 0.352. The zero-order valence-corrected chi connectivity index (χ0v) is 23.2. The Morgan fingerprint density at radius 3 is 1.36 bits per heavy atom. The third kappa shape index (κ3) is 8.12. The van der Waals surface area contributed by atoms with Gasteiger partial charge in [-0.2, -0.15) is 16.8 Å². The highest BCUT2D eigenvalue weighted by molar-refractivity contribution is 8.14. The molecule has 0 aromatic heterocycles. The summed E-state index contributed by atoms with van der Waals surface area (Å²) in [6.07, 6.45) is 0. The van der Waals surface area contributed by atoms with Crippen LogP contribution in [0.2, 0.25) is 0 Å². The van der Waals surface area contributed by atoms with Crippen molar-refractivity contribution in [3.8, 4) is 0 Å². The minimum atomic E-state index is -4.37. The summed E-state index contributed by atoms with van der Waals surface area (Å²) in [5.41, 5.74) is 2.19. The maximum atomic E-state index is 12.6. The molecule has 36 heavy (non-hydrogen) atoms. The van der Waals surface area contributed by atoms with E-state index in [4.69, 9.17) is 8.57 Å². The van der Waals surface area contributed by atoms with E-state index in [9.17, 15) is 16.8 Å². The molecule has 12 heteroatoms. The van der Waals surface area contributed by atoms with E-state index in [1.807, 2.05) is 62.4 Å². The van der Waals surface area contributed by atoms with Gasteiger partial charge in [0, 0.05) is 9.79 Å². The van der Waals surface area contributed by atoms with E-state index >= 15 is 0 Å². The SMILES string of the molecule is CC(=NOS(=O)(=O)c1cccc(S(=O)(=O)ON=C(C)Sc2ccc(C)cc2)c1)Sc1ccc(C)cc1. The van der Waals surface area contributed by atoms with Crippen LogP contribution in [0.25, 0.3) is 0 Å². The second-order valence-electron chi connectivity index (χ2n) is 7.58. The molecule has 3 aromatic carbocycles. The molecule has 0 saturated heterocycles. The Morgan fingerprint density at radius 1 is 0.639 bits per heavy atom. The number of rotatable bonds is 8. The lowest BCUT2D eigenvalue weighted by Gasteiger charge is -2.06. The van der Waals surface area contributed by atoms with Crippen molar-refractivity contribution in [2.24, 2.45) is 10.3 Å². The van der Waals surface area contributed by atoms with Crippen molar-refractivity contribution >= 4 is 53.8 Å². The third-order valence-corrected chi connectivity index (χ3v) is 8.44. The number of oxime groups is 2. The van der Waals surface area contributed by atoms with E-state index in [2.05, 4.69) is 10.3 Å². The fourth-order valence-electron chi connectivity index (χ4n) is 2.67. The first-order valence-corrected chi connectivity index (χ1v) is 15.0. The van der Waals surface area contributed by atoms with E-state index in [0.29, 0.717) is 10.1 Å². The van der Waals surface area contributed by atoms with E-state index in [-0.39, 0.29) is 0 Å². The van der Waals surface area contributed by atoms with Crippen molar-refractivity contribution in [3.05, 3.63) is 83.9 Å². The van der Waals surface area contributed by atoms with Crippen molar-refractivity contribution < 1.29 is 25.4 Å². The van der Waals surface area contributed by atoms with Gasteiger partial charge in [0.2, 0.25) is 0 Å². The normalized spacial score (nSPS) is 12.9. The molecule has 0 aliphatic heterocycles. The molecule has 190 valence electrons. The standard InChI is InChI=1S/C24H24N2O6S4/c1-17-8-12-21(13-9-17)33-19(3)25-31-35(27,28)23-6-5-7-24(16-23)36(29,30)32-26-20(4)34-22-14-10-18(2)11-15-22/h5-16H,1-4H3. The molecule has 0 N–H and O–H groups in total. The molecule has 0 aliphatic carbocycles. The second-order valence-corrected chi connectivity index (χ2v) is 13.2. The lowest BCUT2D eigenvalue weighted by Crippen LogP contribution is -2.07. The lowest BCUT2D eigenvalue weighted by molar-refractivity contribution is 0.338. The predicted molar refractivity (Wildman–Crippen MR) is 143 cm³/mol. The van der Waals surface area contributed by atoms with Crippen LogP contribution < -0.4 is 0 Å². The van der Waals surface area contributed by atoms with Gasteiger partial charge in [0.1, 0.15) is 19.9 Å². The minimum Gasteiger partial charge on any atom is -0.264 e. The number of nitrogens with zero attached hydrogens (tertiary/aromatic N) is 2. The van der Waals surface area contributed by atoms with Crippen molar-refractivity contribution in [1.82, 2.24) is 0 Å². The molecule has 0 saturated carbocycles. The first kappa shape index (κ1) is 27.8. The monoisotopic (exact) mass is 564 g/mol. The Bertz CT molecular complexity index is 1370. The molecule has 0 bridgehead atoms. The summed E-state index contributed by atoms with van der Waals surface area (Å²) in [5.74, 6) is 0. The average Bonchev–Trinajstić information content (AvgIpc) is 2.85. The largest absolute Gasteiger partial charge is 0.358 e. The van der Waals surface area contributed by atoms with Crippen molar-refractivity contribution in [2.45, 2.75) is 47.3 Å². The Balaban J connectivity index is 1.69. The number of thioether (sulfide) groups is 2. The molecule has 0 aliphatic rings. The quantitative estimate of drug-likeness (QED) is 0.142. The molecule has 0 fully saturated rings. The summed E-state index contributed by atoms with van der Waals surface area (Å²) < 4.78 is 60.0. The van der Waals surface area contributed by atoms with Crippen LogP contribution in [0, 0.1) is 13.8 Å². The van der Waals surface area contributed by atoms with Crippen LogP contribution in [-0.4, -0.2) is 26.9 Å². The highest BCUT2D eigenvalue weighted by atomic mass is 32.2. The van der Waals surface area contributed by atoms with E-state index < -0.39 is 30.0 Å². The molecule has 0 heterocycles. The van der Waals surface area contributed by atoms with E-state index in [0.717, 1.165) is 27.0 Å². The van der Waals surface area contributed by atoms with Crippen LogP contribution in [0.15, 0.2) is 103 Å². The highest BCUT2D eigenvalue weighted by Crippen LogP contribution is 2.24. The molecular weight excluding hydrogens is 541 g/mol. The van der Waals surface area contributed by atoms with Crippen LogP contribution >= 0.6 is 23.5 Å². The fourth-order valence-corrected chi connectivity index (χ4v) is 5.84. The summed E-state index contributed by atoms with van der Waals surface area (Å²) in [6, 6.07) is 19.8.